The molecule has 20 nitrogen and oxygen atoms in total. The van der Waals surface area contributed by atoms with Crippen LogP contribution in [0.4, 0.5) is 4.79 Å². The second-order valence-electron chi connectivity index (χ2n) is 14.2. The van der Waals surface area contributed by atoms with Gasteiger partial charge in [-0.3, -0.25) is 28.7 Å². The number of carboxylic acids is 1. The number of benzene rings is 2. The first-order valence-corrected chi connectivity index (χ1v) is 18.4. The number of aliphatic carboxylic acids is 1. The Bertz CT molecular complexity index is 2260. The lowest BCUT2D eigenvalue weighted by Gasteiger charge is -2.34. The van der Waals surface area contributed by atoms with Gasteiger partial charge in [-0.15, -0.1) is 0 Å². The van der Waals surface area contributed by atoms with Crippen molar-refractivity contribution in [3.05, 3.63) is 99.0 Å². The molecule has 1 fully saturated rings. The van der Waals surface area contributed by atoms with Crippen LogP contribution < -0.4 is 38.2 Å². The number of phenols is 1. The number of amides is 5. The van der Waals surface area contributed by atoms with Crippen molar-refractivity contribution in [2.24, 2.45) is 5.73 Å². The molecule has 0 aliphatic carbocycles. The number of aliphatic hydroxyl groups is 1. The summed E-state index contributed by atoms with van der Waals surface area (Å²) < 4.78 is 6.82. The molecule has 1 saturated heterocycles. The number of rotatable bonds is 16. The summed E-state index contributed by atoms with van der Waals surface area (Å²) in [6.45, 7) is 2.60. The van der Waals surface area contributed by atoms with Crippen molar-refractivity contribution in [3.63, 3.8) is 0 Å². The Morgan fingerprint density at radius 1 is 1.00 bits per heavy atom. The Kier molecular flexibility index (Phi) is 13.7. The molecule has 1 aliphatic heterocycles. The molecule has 4 aromatic rings. The van der Waals surface area contributed by atoms with Crippen molar-refractivity contribution < 1.29 is 44.0 Å². The van der Waals surface area contributed by atoms with E-state index in [2.05, 4.69) is 31.2 Å². The first kappa shape index (κ1) is 42.6. The minimum absolute atomic E-state index is 0.0148. The van der Waals surface area contributed by atoms with Crippen LogP contribution in [-0.2, 0) is 36.8 Å². The maximum atomic E-state index is 13.8. The smallest absolute Gasteiger partial charge is 0.330 e. The number of phenolic OH excluding ortho intramolecular Hbond substituents is 1. The summed E-state index contributed by atoms with van der Waals surface area (Å²) in [6, 6.07) is 7.27. The molecule has 0 spiro atoms. The quantitative estimate of drug-likeness (QED) is 0.0637. The third kappa shape index (κ3) is 10.5. The Morgan fingerprint density at radius 3 is 2.45 bits per heavy atom. The summed E-state index contributed by atoms with van der Waals surface area (Å²) in [4.78, 5) is 96.1. The average molecular weight is 806 g/mol. The number of aliphatic hydroxyl groups excluding tert-OH is 1. The fraction of sp³-hybridized carbons (Fsp3) is 0.395. The van der Waals surface area contributed by atoms with Crippen LogP contribution in [0.2, 0.25) is 0 Å². The number of nitrogens with two attached hydrogens (primary N) is 1. The topological polar surface area (TPSA) is 303 Å². The fourth-order valence-electron chi connectivity index (χ4n) is 6.64. The molecular weight excluding hydrogens is 758 g/mol. The molecule has 11 N–H and O–H groups in total. The average Bonchev–Trinajstić information content (AvgIpc) is 3.76. The van der Waals surface area contributed by atoms with Crippen LogP contribution in [0.3, 0.4) is 0 Å². The van der Waals surface area contributed by atoms with E-state index in [1.165, 1.54) is 44.1 Å². The first-order valence-electron chi connectivity index (χ1n) is 18.4. The van der Waals surface area contributed by atoms with Crippen molar-refractivity contribution in [2.45, 2.75) is 81.8 Å². The summed E-state index contributed by atoms with van der Waals surface area (Å²) in [5.41, 5.74) is 6.81. The zero-order valence-electron chi connectivity index (χ0n) is 31.9. The molecule has 0 bridgehead atoms. The molecule has 8 atom stereocenters. The van der Waals surface area contributed by atoms with Gasteiger partial charge in [-0.25, -0.2) is 14.4 Å². The largest absolute Gasteiger partial charge is 0.508 e. The van der Waals surface area contributed by atoms with E-state index in [1.54, 1.807) is 24.4 Å². The molecule has 0 unspecified atom stereocenters. The Morgan fingerprint density at radius 2 is 1.74 bits per heavy atom. The van der Waals surface area contributed by atoms with E-state index in [1.807, 2.05) is 18.2 Å². The zero-order chi connectivity index (χ0) is 42.3. The predicted octanol–water partition coefficient (Wildman–Crippen LogP) is -1.23. The monoisotopic (exact) mass is 805 g/mol. The third-order valence-electron chi connectivity index (χ3n) is 9.94. The number of aromatic amines is 2. The van der Waals surface area contributed by atoms with Crippen LogP contribution in [0.15, 0.2) is 76.6 Å². The zero-order valence-corrected chi connectivity index (χ0v) is 31.9. The fourth-order valence-corrected chi connectivity index (χ4v) is 6.64. The molecule has 3 heterocycles. The van der Waals surface area contributed by atoms with Crippen LogP contribution in [0.5, 0.6) is 5.75 Å². The van der Waals surface area contributed by atoms with Crippen LogP contribution >= 0.6 is 0 Å². The number of aromatic hydroxyl groups is 1. The second-order valence-corrected chi connectivity index (χ2v) is 14.2. The highest BCUT2D eigenvalue weighted by molar-refractivity contribution is 5.93. The molecule has 20 heteroatoms. The van der Waals surface area contributed by atoms with E-state index >= 15 is 0 Å². The number of para-hydroxylation sites is 1. The van der Waals surface area contributed by atoms with Crippen LogP contribution in [0, 0.1) is 0 Å². The molecule has 2 aromatic heterocycles. The van der Waals surface area contributed by atoms with E-state index < -0.39 is 89.6 Å². The number of ether oxygens (including phenoxy) is 1. The van der Waals surface area contributed by atoms with Gasteiger partial charge in [-0.05, 0) is 49.6 Å². The van der Waals surface area contributed by atoms with Gasteiger partial charge in [-0.2, -0.15) is 0 Å². The molecule has 2 aromatic carbocycles. The summed E-state index contributed by atoms with van der Waals surface area (Å²) in [5, 5.41) is 41.1. The third-order valence-corrected chi connectivity index (χ3v) is 9.94. The number of nitrogens with zero attached hydrogens (tertiary/aromatic N) is 2. The van der Waals surface area contributed by atoms with Crippen LogP contribution in [-0.4, -0.2) is 120 Å². The second kappa shape index (κ2) is 18.6. The van der Waals surface area contributed by atoms with Crippen molar-refractivity contribution in [2.75, 3.05) is 13.6 Å². The predicted molar refractivity (Wildman–Crippen MR) is 207 cm³/mol. The number of aromatic nitrogens is 3. The van der Waals surface area contributed by atoms with Gasteiger partial charge in [0.25, 0.3) is 5.56 Å². The lowest BCUT2D eigenvalue weighted by molar-refractivity contribution is -0.139. The summed E-state index contributed by atoms with van der Waals surface area (Å²) in [7, 11) is 1.39. The number of carbonyl (C=O) groups excluding carboxylic acids is 4. The Labute approximate surface area is 330 Å². The molecule has 310 valence electrons. The van der Waals surface area contributed by atoms with Gasteiger partial charge >= 0.3 is 17.7 Å². The van der Waals surface area contributed by atoms with Crippen LogP contribution in [0.25, 0.3) is 10.9 Å². The molecule has 5 rings (SSSR count). The molecule has 0 saturated carbocycles. The van der Waals surface area contributed by atoms with E-state index in [0.29, 0.717) is 11.1 Å². The van der Waals surface area contributed by atoms with Gasteiger partial charge in [0.2, 0.25) is 17.7 Å². The number of carbonyl (C=O) groups is 5. The number of fused-ring (bicyclic) bond motifs is 1. The van der Waals surface area contributed by atoms with E-state index in [0.717, 1.165) is 21.5 Å². The maximum Gasteiger partial charge on any atom is 0.330 e. The highest BCUT2D eigenvalue weighted by Crippen LogP contribution is 2.27. The lowest BCUT2D eigenvalue weighted by Crippen LogP contribution is -2.62. The number of H-pyrrole nitrogens is 2. The standard InChI is InChI=1S/C38H47N9O11/c1-19(42-37(56)43-28(36(54)55)15-22-17-40-27-10-5-4-9-25(22)27)32(51)45-31(20(2)46(3)34(53)26(39)14-21-7-6-8-23(48)13-21)33(52)41-18-24-16-29(49)35(58-24)47-12-11-30(50)44-38(47)57/h4-13,17,19-20,24,26,28-29,31,35,40,48-49H,14-16,18,39H2,1-3H3,(H,41,52)(H,45,51)(H,54,55)(H2,42,43,56)(H,44,50,57)/t19-,20-,24+,26+,28-,29+,31-,35+/m0/s1. The van der Waals surface area contributed by atoms with Crippen molar-refractivity contribution in [3.8, 4) is 5.75 Å². The summed E-state index contributed by atoms with van der Waals surface area (Å²) in [6.07, 6.45) is -0.386. The number of hydrogen-bond donors (Lipinski definition) is 10. The number of hydrogen-bond acceptors (Lipinski definition) is 11. The SMILES string of the molecule is C[C@H](NC(=O)N[C@@H](Cc1c[nH]c2ccccc12)C(=O)O)C(=O)N[C@H](C(=O)NC[C@H]1C[C@@H](O)[C@H](n2ccc(=O)[nH]c2=O)O1)[C@H](C)N(C)C(=O)[C@H](N)Cc1cccc(O)c1. The van der Waals surface area contributed by atoms with Gasteiger partial charge in [0, 0.05) is 55.8 Å². The Hall–Kier alpha value is -6.51. The summed E-state index contributed by atoms with van der Waals surface area (Å²) >= 11 is 0. The molecule has 1 aliphatic rings. The van der Waals surface area contributed by atoms with Crippen molar-refractivity contribution >= 4 is 40.6 Å². The van der Waals surface area contributed by atoms with Gasteiger partial charge in [0.15, 0.2) is 6.23 Å². The number of urea groups is 1. The molecule has 58 heavy (non-hydrogen) atoms. The van der Waals surface area contributed by atoms with Gasteiger partial charge in [0.05, 0.1) is 18.2 Å². The van der Waals surface area contributed by atoms with Crippen molar-refractivity contribution in [1.29, 1.82) is 0 Å². The molecular formula is C38H47N9O11. The van der Waals surface area contributed by atoms with E-state index in [9.17, 15) is 48.9 Å². The van der Waals surface area contributed by atoms with E-state index in [4.69, 9.17) is 10.5 Å². The van der Waals surface area contributed by atoms with Crippen molar-refractivity contribution in [1.82, 2.24) is 40.7 Å². The van der Waals surface area contributed by atoms with Gasteiger partial charge in [0.1, 0.15) is 30.0 Å². The number of carboxylic acid groups (broad SMARTS) is 1. The van der Waals surface area contributed by atoms with Crippen LogP contribution in [0.1, 0.15) is 37.6 Å². The first-order chi connectivity index (χ1) is 27.5. The van der Waals surface area contributed by atoms with Gasteiger partial charge in [-0.1, -0.05) is 30.3 Å². The molecule has 5 amide bonds. The van der Waals surface area contributed by atoms with E-state index in [-0.39, 0.29) is 31.6 Å². The van der Waals surface area contributed by atoms with Gasteiger partial charge < -0.3 is 56.9 Å². The minimum Gasteiger partial charge on any atom is -0.508 e. The summed E-state index contributed by atoms with van der Waals surface area (Å²) in [5.74, 6) is -3.57. The maximum absolute atomic E-state index is 13.8. The number of likely N-dealkylation sites (N-methyl/N-ethyl adjacent to an activating group) is 1. The normalized spacial score (nSPS) is 18.9. The lowest BCUT2D eigenvalue weighted by atomic mass is 10.0. The molecule has 0 radical (unpaired) electrons. The number of nitrogens with one attached hydrogen (secondary N) is 6. The minimum atomic E-state index is -1.46. The highest BCUT2D eigenvalue weighted by Gasteiger charge is 2.38. The highest BCUT2D eigenvalue weighted by atomic mass is 16.5. The Balaban J connectivity index is 1.26.